The number of anilines is 1. The number of hydrogen-bond acceptors (Lipinski definition) is 4. The minimum absolute atomic E-state index is 0.0808. The van der Waals surface area contributed by atoms with Crippen molar-refractivity contribution in [3.05, 3.63) is 69.7 Å². The van der Waals surface area contributed by atoms with E-state index in [0.717, 1.165) is 17.0 Å². The number of para-hydroxylation sites is 1. The van der Waals surface area contributed by atoms with Crippen molar-refractivity contribution in [1.29, 1.82) is 0 Å². The van der Waals surface area contributed by atoms with Crippen LogP contribution >= 0.6 is 11.6 Å². The van der Waals surface area contributed by atoms with Crippen LogP contribution in [-0.2, 0) is 13.6 Å². The summed E-state index contributed by atoms with van der Waals surface area (Å²) in [5.41, 5.74) is 1.65. The van der Waals surface area contributed by atoms with Crippen LogP contribution in [0.15, 0.2) is 53.3 Å². The lowest BCUT2D eigenvalue weighted by atomic mass is 10.2. The molecule has 0 unspecified atom stereocenters. The van der Waals surface area contributed by atoms with E-state index in [1.54, 1.807) is 7.05 Å². The molecule has 0 aliphatic heterocycles. The molecule has 2 aromatic heterocycles. The molecule has 6 nitrogen and oxygen atoms in total. The molecule has 1 N–H and O–H groups in total. The molecule has 24 heavy (non-hydrogen) atoms. The zero-order chi connectivity index (χ0) is 16.7. The topological polar surface area (TPSA) is 64.2 Å². The second-order valence-corrected chi connectivity index (χ2v) is 5.93. The van der Waals surface area contributed by atoms with E-state index in [9.17, 15) is 4.79 Å². The van der Waals surface area contributed by atoms with Crippen molar-refractivity contribution in [3.8, 4) is 0 Å². The van der Waals surface area contributed by atoms with E-state index in [1.165, 1.54) is 4.57 Å². The van der Waals surface area contributed by atoms with Crippen molar-refractivity contribution in [2.75, 3.05) is 5.32 Å². The van der Waals surface area contributed by atoms with Gasteiger partial charge in [0.05, 0.1) is 17.4 Å². The SMILES string of the molecule is Cn1c(=O)c2ccccc2n2c(CNc3ccc(Cl)cc3)nnc12. The summed E-state index contributed by atoms with van der Waals surface area (Å²) < 4.78 is 3.42. The molecule has 120 valence electrons. The molecule has 0 bridgehead atoms. The van der Waals surface area contributed by atoms with Gasteiger partial charge in [-0.15, -0.1) is 10.2 Å². The summed E-state index contributed by atoms with van der Waals surface area (Å²) >= 11 is 5.90. The fraction of sp³-hybridized carbons (Fsp3) is 0.118. The number of nitrogens with zero attached hydrogens (tertiary/aromatic N) is 4. The van der Waals surface area contributed by atoms with Crippen molar-refractivity contribution < 1.29 is 0 Å². The minimum Gasteiger partial charge on any atom is -0.378 e. The maximum Gasteiger partial charge on any atom is 0.262 e. The first-order valence-corrected chi connectivity index (χ1v) is 7.84. The van der Waals surface area contributed by atoms with Gasteiger partial charge in [0.15, 0.2) is 5.82 Å². The molecule has 0 amide bonds. The molecule has 7 heteroatoms. The Morgan fingerprint density at radius 1 is 1.08 bits per heavy atom. The summed E-state index contributed by atoms with van der Waals surface area (Å²) in [6.45, 7) is 0.477. The first-order chi connectivity index (χ1) is 11.6. The Morgan fingerprint density at radius 2 is 1.83 bits per heavy atom. The van der Waals surface area contributed by atoms with Crippen LogP contribution in [0.1, 0.15) is 5.82 Å². The van der Waals surface area contributed by atoms with Crippen LogP contribution in [0.5, 0.6) is 0 Å². The lowest BCUT2D eigenvalue weighted by Crippen LogP contribution is -2.20. The van der Waals surface area contributed by atoms with Crippen LogP contribution in [0.2, 0.25) is 5.02 Å². The Bertz CT molecular complexity index is 1100. The third kappa shape index (κ3) is 2.32. The predicted octanol–water partition coefficient (Wildman–Crippen LogP) is 2.85. The molecule has 0 aliphatic rings. The molecule has 2 aromatic carbocycles. The van der Waals surface area contributed by atoms with Crippen LogP contribution in [0.25, 0.3) is 16.7 Å². The zero-order valence-corrected chi connectivity index (χ0v) is 13.7. The Labute approximate surface area is 142 Å². The molecular weight excluding hydrogens is 326 g/mol. The van der Waals surface area contributed by atoms with Gasteiger partial charge in [-0.2, -0.15) is 0 Å². The highest BCUT2D eigenvalue weighted by Gasteiger charge is 2.14. The van der Waals surface area contributed by atoms with Crippen molar-refractivity contribution >= 4 is 34.0 Å². The average Bonchev–Trinajstić information content (AvgIpc) is 3.03. The molecule has 4 aromatic rings. The van der Waals surface area contributed by atoms with Gasteiger partial charge < -0.3 is 5.32 Å². The summed E-state index contributed by atoms with van der Waals surface area (Å²) in [6, 6.07) is 14.9. The Hall–Kier alpha value is -2.86. The number of hydrogen-bond donors (Lipinski definition) is 1. The van der Waals surface area contributed by atoms with Crippen molar-refractivity contribution in [2.24, 2.45) is 7.05 Å². The maximum absolute atomic E-state index is 12.4. The van der Waals surface area contributed by atoms with Crippen molar-refractivity contribution in [1.82, 2.24) is 19.2 Å². The van der Waals surface area contributed by atoms with Crippen LogP contribution < -0.4 is 10.9 Å². The number of halogens is 1. The summed E-state index contributed by atoms with van der Waals surface area (Å²) in [7, 11) is 1.70. The van der Waals surface area contributed by atoms with Gasteiger partial charge in [0.2, 0.25) is 5.78 Å². The number of fused-ring (bicyclic) bond motifs is 3. The van der Waals surface area contributed by atoms with Gasteiger partial charge >= 0.3 is 0 Å². The Kier molecular flexibility index (Phi) is 3.46. The molecule has 0 saturated carbocycles. The van der Waals surface area contributed by atoms with E-state index in [-0.39, 0.29) is 5.56 Å². The molecule has 0 aliphatic carbocycles. The number of aryl methyl sites for hydroxylation is 1. The third-order valence-corrected chi connectivity index (χ3v) is 4.24. The van der Waals surface area contributed by atoms with Crippen LogP contribution in [-0.4, -0.2) is 19.2 Å². The monoisotopic (exact) mass is 339 g/mol. The van der Waals surface area contributed by atoms with Crippen LogP contribution in [0, 0.1) is 0 Å². The first-order valence-electron chi connectivity index (χ1n) is 7.46. The summed E-state index contributed by atoms with van der Waals surface area (Å²) in [4.78, 5) is 12.4. The normalized spacial score (nSPS) is 11.2. The molecule has 0 atom stereocenters. The van der Waals surface area contributed by atoms with Crippen LogP contribution in [0.4, 0.5) is 5.69 Å². The lowest BCUT2D eigenvalue weighted by molar-refractivity contribution is 0.855. The number of nitrogens with one attached hydrogen (secondary N) is 1. The molecule has 2 heterocycles. The molecule has 4 rings (SSSR count). The van der Waals surface area contributed by atoms with Gasteiger partial charge in [-0.05, 0) is 36.4 Å². The molecule has 0 spiro atoms. The predicted molar refractivity (Wildman–Crippen MR) is 94.5 cm³/mol. The highest BCUT2D eigenvalue weighted by atomic mass is 35.5. The van der Waals surface area contributed by atoms with E-state index in [2.05, 4.69) is 15.5 Å². The van der Waals surface area contributed by atoms with Gasteiger partial charge in [-0.25, -0.2) is 0 Å². The number of benzene rings is 2. The fourth-order valence-corrected chi connectivity index (χ4v) is 2.88. The van der Waals surface area contributed by atoms with E-state index >= 15 is 0 Å². The van der Waals surface area contributed by atoms with E-state index in [4.69, 9.17) is 11.6 Å². The minimum atomic E-state index is -0.0808. The Balaban J connectivity index is 1.82. The summed E-state index contributed by atoms with van der Waals surface area (Å²) in [6.07, 6.45) is 0. The molecule has 0 saturated heterocycles. The van der Waals surface area contributed by atoms with Gasteiger partial charge in [0, 0.05) is 17.8 Å². The Morgan fingerprint density at radius 3 is 2.62 bits per heavy atom. The van der Waals surface area contributed by atoms with E-state index < -0.39 is 0 Å². The number of rotatable bonds is 3. The van der Waals surface area contributed by atoms with Gasteiger partial charge in [-0.1, -0.05) is 23.7 Å². The number of aromatic nitrogens is 4. The molecule has 0 fully saturated rings. The second kappa shape index (κ2) is 5.65. The first kappa shape index (κ1) is 14.7. The van der Waals surface area contributed by atoms with Crippen molar-refractivity contribution in [2.45, 2.75) is 6.54 Å². The maximum atomic E-state index is 12.4. The van der Waals surface area contributed by atoms with E-state index in [0.29, 0.717) is 22.7 Å². The fourth-order valence-electron chi connectivity index (χ4n) is 2.76. The lowest BCUT2D eigenvalue weighted by Gasteiger charge is -2.09. The zero-order valence-electron chi connectivity index (χ0n) is 12.9. The largest absolute Gasteiger partial charge is 0.378 e. The second-order valence-electron chi connectivity index (χ2n) is 5.49. The third-order valence-electron chi connectivity index (χ3n) is 3.99. The van der Waals surface area contributed by atoms with Gasteiger partial charge in [0.25, 0.3) is 5.56 Å². The van der Waals surface area contributed by atoms with Crippen LogP contribution in [0.3, 0.4) is 0 Å². The highest BCUT2D eigenvalue weighted by Crippen LogP contribution is 2.16. The van der Waals surface area contributed by atoms with E-state index in [1.807, 2.05) is 52.9 Å². The van der Waals surface area contributed by atoms with Gasteiger partial charge in [0.1, 0.15) is 0 Å². The quantitative estimate of drug-likeness (QED) is 0.623. The highest BCUT2D eigenvalue weighted by molar-refractivity contribution is 6.30. The molecule has 0 radical (unpaired) electrons. The average molecular weight is 340 g/mol. The smallest absolute Gasteiger partial charge is 0.262 e. The summed E-state index contributed by atoms with van der Waals surface area (Å²) in [5, 5.41) is 13.0. The van der Waals surface area contributed by atoms with Gasteiger partial charge in [-0.3, -0.25) is 13.8 Å². The standard InChI is InChI=1S/C17H14ClN5O/c1-22-16(24)13-4-2-3-5-14(13)23-15(20-21-17(22)23)10-19-12-8-6-11(18)7-9-12/h2-9,19H,10H2,1H3. The van der Waals surface area contributed by atoms with Crippen molar-refractivity contribution in [3.63, 3.8) is 0 Å². The molecular formula is C17H14ClN5O. The summed E-state index contributed by atoms with van der Waals surface area (Å²) in [5.74, 6) is 1.25.